The first-order valence-corrected chi connectivity index (χ1v) is 22.3. The van der Waals surface area contributed by atoms with Gasteiger partial charge in [-0.25, -0.2) is 0 Å². The van der Waals surface area contributed by atoms with E-state index >= 15 is 0 Å². The third-order valence-electron chi connectivity index (χ3n) is 10.6. The fourth-order valence-electron chi connectivity index (χ4n) is 7.37. The lowest BCUT2D eigenvalue weighted by atomic mass is 9.92. The van der Waals surface area contributed by atoms with Gasteiger partial charge in [0.05, 0.1) is 43.3 Å². The molecule has 8 nitrogen and oxygen atoms in total. The Kier molecular flexibility index (Phi) is 20.3. The van der Waals surface area contributed by atoms with E-state index in [0.29, 0.717) is 61.4 Å². The second-order valence-corrected chi connectivity index (χ2v) is 15.3. The number of hydrogen-bond donors (Lipinski definition) is 0. The number of nitro benzene ring substituents is 1. The molecule has 4 aromatic carbocycles. The zero-order chi connectivity index (χ0) is 40.0. The highest BCUT2D eigenvalue weighted by molar-refractivity contribution is 6.29. The van der Waals surface area contributed by atoms with Crippen molar-refractivity contribution in [1.29, 1.82) is 0 Å². The highest BCUT2D eigenvalue weighted by Gasteiger charge is 2.26. The number of nitrogens with zero attached hydrogens (tertiary/aromatic N) is 1. The number of fused-ring (bicyclic) bond motifs is 6. The summed E-state index contributed by atoms with van der Waals surface area (Å²) in [7, 11) is 0. The molecular weight excluding hydrogens is 703 g/mol. The molecule has 0 bridgehead atoms. The van der Waals surface area contributed by atoms with E-state index in [1.165, 1.54) is 12.8 Å². The van der Waals surface area contributed by atoms with Crippen molar-refractivity contribution in [3.05, 3.63) is 46.5 Å². The van der Waals surface area contributed by atoms with Gasteiger partial charge in [-0.15, -0.1) is 0 Å². The maximum Gasteiger partial charge on any atom is 0.319 e. The van der Waals surface area contributed by atoms with Crippen molar-refractivity contribution in [1.82, 2.24) is 0 Å². The van der Waals surface area contributed by atoms with Crippen LogP contribution in [0.3, 0.4) is 0 Å². The molecule has 0 amide bonds. The van der Waals surface area contributed by atoms with E-state index in [1.54, 1.807) is 6.07 Å². The van der Waals surface area contributed by atoms with Crippen molar-refractivity contribution in [2.24, 2.45) is 0 Å². The lowest BCUT2D eigenvalue weighted by Gasteiger charge is -2.20. The molecule has 0 spiro atoms. The van der Waals surface area contributed by atoms with Gasteiger partial charge < -0.3 is 23.7 Å². The van der Waals surface area contributed by atoms with Crippen molar-refractivity contribution in [3.63, 3.8) is 0 Å². The van der Waals surface area contributed by atoms with E-state index < -0.39 is 0 Å². The Balaban J connectivity index is 1.97. The van der Waals surface area contributed by atoms with Crippen molar-refractivity contribution in [2.75, 3.05) is 33.0 Å². The van der Waals surface area contributed by atoms with Gasteiger partial charge in [-0.2, -0.15) is 0 Å². The van der Waals surface area contributed by atoms with Crippen LogP contribution < -0.4 is 23.7 Å². The van der Waals surface area contributed by atoms with Gasteiger partial charge in [0.25, 0.3) is 0 Å². The van der Waals surface area contributed by atoms with E-state index in [0.717, 1.165) is 143 Å². The van der Waals surface area contributed by atoms with Crippen LogP contribution in [0.25, 0.3) is 32.3 Å². The van der Waals surface area contributed by atoms with Crippen LogP contribution in [-0.4, -0.2) is 38.0 Å². The molecule has 0 aliphatic rings. The Hall–Kier alpha value is -3.94. The molecule has 0 atom stereocenters. The first-order valence-electron chi connectivity index (χ1n) is 22.3. The quantitative estimate of drug-likeness (QED) is 0.0218. The topological polar surface area (TPSA) is 89.3 Å². The summed E-state index contributed by atoms with van der Waals surface area (Å²) in [6.45, 7) is 13.7. The van der Waals surface area contributed by atoms with Crippen LogP contribution in [0.4, 0.5) is 5.69 Å². The van der Waals surface area contributed by atoms with Crippen LogP contribution in [0.5, 0.6) is 28.7 Å². The van der Waals surface area contributed by atoms with Crippen molar-refractivity contribution >= 4 is 38.0 Å². The third kappa shape index (κ3) is 13.1. The molecule has 0 N–H and O–H groups in total. The Labute approximate surface area is 337 Å². The van der Waals surface area contributed by atoms with Gasteiger partial charge in [0.15, 0.2) is 28.7 Å². The number of ether oxygens (including phenoxy) is 5. The summed E-state index contributed by atoms with van der Waals surface area (Å²) in [6.07, 6.45) is 21.5. The van der Waals surface area contributed by atoms with Crippen LogP contribution in [0.2, 0.25) is 0 Å². The second kappa shape index (κ2) is 25.3. The van der Waals surface area contributed by atoms with Gasteiger partial charge in [-0.05, 0) is 90.0 Å². The molecule has 0 aromatic heterocycles. The van der Waals surface area contributed by atoms with Gasteiger partial charge >= 0.3 is 5.69 Å². The largest absolute Gasteiger partial charge is 0.490 e. The van der Waals surface area contributed by atoms with Crippen LogP contribution >= 0.6 is 0 Å². The molecule has 0 fully saturated rings. The lowest BCUT2D eigenvalue weighted by molar-refractivity contribution is -0.384. The van der Waals surface area contributed by atoms with E-state index in [2.05, 4.69) is 40.7 Å². The Morgan fingerprint density at radius 2 is 0.696 bits per heavy atom. The number of nitro groups is 1. The Morgan fingerprint density at radius 3 is 1.04 bits per heavy atom. The van der Waals surface area contributed by atoms with Gasteiger partial charge in [0, 0.05) is 5.39 Å². The van der Waals surface area contributed by atoms with Crippen LogP contribution in [0, 0.1) is 10.1 Å². The molecule has 4 aromatic rings. The summed E-state index contributed by atoms with van der Waals surface area (Å²) < 4.78 is 32.2. The molecule has 0 saturated carbocycles. The fraction of sp³-hybridized carbons (Fsp3) is 0.625. The Morgan fingerprint density at radius 1 is 0.393 bits per heavy atom. The van der Waals surface area contributed by atoms with Crippen LogP contribution in [0.15, 0.2) is 36.4 Å². The fourth-order valence-corrected chi connectivity index (χ4v) is 7.37. The minimum atomic E-state index is -0.280. The minimum Gasteiger partial charge on any atom is -0.490 e. The molecule has 0 aliphatic carbocycles. The van der Waals surface area contributed by atoms with E-state index in [-0.39, 0.29) is 16.4 Å². The highest BCUT2D eigenvalue weighted by Crippen LogP contribution is 2.49. The molecule has 8 heteroatoms. The van der Waals surface area contributed by atoms with Crippen LogP contribution in [0.1, 0.15) is 163 Å². The normalized spacial score (nSPS) is 11.4. The molecular formula is C48H71NO7. The van der Waals surface area contributed by atoms with Crippen molar-refractivity contribution in [3.8, 4) is 28.7 Å². The molecule has 310 valence electrons. The molecule has 0 unspecified atom stereocenters. The predicted molar refractivity (Wildman–Crippen MR) is 234 cm³/mol. The van der Waals surface area contributed by atoms with Gasteiger partial charge in [0.2, 0.25) is 0 Å². The standard InChI is InChI=1S/C48H71NO7/c1-6-11-16-21-28-52-42-27-26-37-38-33-43(53-29-22-17-12-7-2)44(54-30-23-18-13-8-3)34-39(38)40-35-45(55-31-24-19-14-9-4)46(56-32-25-20-15-10-5)36-41(40)47(37)48(42)49(50)51/h26-27,33-36H,6-25,28-32H2,1-5H3. The van der Waals surface area contributed by atoms with E-state index in [1.807, 2.05) is 24.3 Å². The summed E-state index contributed by atoms with van der Waals surface area (Å²) in [6, 6.07) is 11.9. The monoisotopic (exact) mass is 774 g/mol. The summed E-state index contributed by atoms with van der Waals surface area (Å²) >= 11 is 0. The third-order valence-corrected chi connectivity index (χ3v) is 10.6. The molecule has 56 heavy (non-hydrogen) atoms. The first kappa shape index (κ1) is 44.8. The molecule has 0 aliphatic heterocycles. The van der Waals surface area contributed by atoms with Crippen molar-refractivity contribution < 1.29 is 28.6 Å². The van der Waals surface area contributed by atoms with E-state index in [4.69, 9.17) is 23.7 Å². The average molecular weight is 774 g/mol. The molecule has 0 heterocycles. The molecule has 0 saturated heterocycles. The SMILES string of the molecule is CCCCCCOc1cc2c(cc1OCCCCCC)c1ccc(OCCCCCC)c([N+](=O)[O-])c1c1cc(OCCCCCC)c(OCCCCCC)cc21. The number of benzene rings is 4. The lowest BCUT2D eigenvalue weighted by Crippen LogP contribution is -2.05. The van der Waals surface area contributed by atoms with E-state index in [9.17, 15) is 10.1 Å². The molecule has 4 rings (SSSR count). The highest BCUT2D eigenvalue weighted by atomic mass is 16.6. The summed E-state index contributed by atoms with van der Waals surface area (Å²) in [5, 5.41) is 17.9. The second-order valence-electron chi connectivity index (χ2n) is 15.3. The van der Waals surface area contributed by atoms with Gasteiger partial charge in [-0.3, -0.25) is 10.1 Å². The number of unbranched alkanes of at least 4 members (excludes halogenated alkanes) is 15. The zero-order valence-electron chi connectivity index (χ0n) is 35.4. The van der Waals surface area contributed by atoms with Crippen molar-refractivity contribution in [2.45, 2.75) is 163 Å². The predicted octanol–water partition coefficient (Wildman–Crippen LogP) is 14.8. The summed E-state index contributed by atoms with van der Waals surface area (Å²) in [5.41, 5.74) is -0.0229. The Bertz CT molecular complexity index is 1770. The van der Waals surface area contributed by atoms with Crippen LogP contribution in [-0.2, 0) is 0 Å². The summed E-state index contributed by atoms with van der Waals surface area (Å²) in [5.74, 6) is 2.94. The number of hydrogen-bond acceptors (Lipinski definition) is 7. The maximum absolute atomic E-state index is 13.2. The summed E-state index contributed by atoms with van der Waals surface area (Å²) in [4.78, 5) is 12.9. The zero-order valence-corrected chi connectivity index (χ0v) is 35.4. The maximum atomic E-state index is 13.2. The number of rotatable bonds is 31. The minimum absolute atomic E-state index is 0.0229. The first-order chi connectivity index (χ1) is 27.5. The average Bonchev–Trinajstić information content (AvgIpc) is 3.20. The molecule has 0 radical (unpaired) electrons. The smallest absolute Gasteiger partial charge is 0.319 e. The van der Waals surface area contributed by atoms with Gasteiger partial charge in [-0.1, -0.05) is 131 Å². The van der Waals surface area contributed by atoms with Gasteiger partial charge in [0.1, 0.15) is 0 Å².